The van der Waals surface area contributed by atoms with Crippen molar-refractivity contribution in [2.24, 2.45) is 0 Å². The lowest BCUT2D eigenvalue weighted by molar-refractivity contribution is -0.121. The van der Waals surface area contributed by atoms with Crippen molar-refractivity contribution in [3.05, 3.63) is 27.7 Å². The first-order valence-electron chi connectivity index (χ1n) is 6.13. The zero-order valence-corrected chi connectivity index (χ0v) is 13.9. The molecule has 0 saturated heterocycles. The van der Waals surface area contributed by atoms with Gasteiger partial charge in [0.15, 0.2) is 0 Å². The molecule has 0 bridgehead atoms. The van der Waals surface area contributed by atoms with E-state index in [0.717, 1.165) is 0 Å². The van der Waals surface area contributed by atoms with Gasteiger partial charge in [0.1, 0.15) is 6.54 Å². The van der Waals surface area contributed by atoms with Gasteiger partial charge in [0.2, 0.25) is 10.0 Å². The van der Waals surface area contributed by atoms with Gasteiger partial charge in [-0.3, -0.25) is 0 Å². The molecule has 9 heteroatoms. The van der Waals surface area contributed by atoms with E-state index in [4.69, 9.17) is 0 Å². The summed E-state index contributed by atoms with van der Waals surface area (Å²) in [5.74, 6) is 0. The highest BCUT2D eigenvalue weighted by atomic mass is 79.9. The minimum Gasteiger partial charge on any atom is -0.313 e. The lowest BCUT2D eigenvalue weighted by Crippen LogP contribution is -2.34. The lowest BCUT2D eigenvalue weighted by Gasteiger charge is -2.14. The zero-order chi connectivity index (χ0) is 16.3. The average Bonchev–Trinajstić information content (AvgIpc) is 2.37. The third-order valence-corrected chi connectivity index (χ3v) is 5.04. The van der Waals surface area contributed by atoms with Crippen LogP contribution in [0.3, 0.4) is 0 Å². The fourth-order valence-corrected chi connectivity index (χ4v) is 3.58. The van der Waals surface area contributed by atoms with Crippen LogP contribution in [-0.2, 0) is 16.6 Å². The number of sulfonamides is 1. The van der Waals surface area contributed by atoms with Crippen molar-refractivity contribution in [2.75, 3.05) is 13.1 Å². The Morgan fingerprint density at radius 1 is 1.29 bits per heavy atom. The molecule has 0 aliphatic rings. The van der Waals surface area contributed by atoms with Crippen molar-refractivity contribution < 1.29 is 21.6 Å². The van der Waals surface area contributed by atoms with Crippen molar-refractivity contribution in [2.45, 2.75) is 31.5 Å². The monoisotopic (exact) mass is 388 g/mol. The van der Waals surface area contributed by atoms with Crippen LogP contribution >= 0.6 is 15.9 Å². The minimum atomic E-state index is -4.60. The molecule has 0 fully saturated rings. The molecule has 1 aromatic rings. The molecule has 0 aliphatic heterocycles. The molecule has 0 atom stereocenters. The molecule has 1 aromatic carbocycles. The highest BCUT2D eigenvalue weighted by Crippen LogP contribution is 2.26. The van der Waals surface area contributed by atoms with Crippen LogP contribution in [0.25, 0.3) is 0 Å². The predicted molar refractivity (Wildman–Crippen MR) is 77.5 cm³/mol. The Morgan fingerprint density at radius 2 is 1.90 bits per heavy atom. The lowest BCUT2D eigenvalue weighted by atomic mass is 10.1. The molecular formula is C12H16BrF3N2O2S. The summed E-state index contributed by atoms with van der Waals surface area (Å²) in [7, 11) is -4.22. The maximum absolute atomic E-state index is 12.2. The maximum Gasteiger partial charge on any atom is 0.402 e. The summed E-state index contributed by atoms with van der Waals surface area (Å²) in [6.45, 7) is 2.95. The number of alkyl halides is 3. The Hall–Kier alpha value is -0.640. The Bertz CT molecular complexity index is 603. The molecule has 0 aliphatic carbocycles. The third-order valence-electron chi connectivity index (χ3n) is 2.69. The summed E-state index contributed by atoms with van der Waals surface area (Å²) in [5, 5.41) is 3.03. The molecule has 0 saturated carbocycles. The second kappa shape index (κ2) is 7.08. The summed E-state index contributed by atoms with van der Waals surface area (Å²) in [5.41, 5.74) is 1.03. The van der Waals surface area contributed by atoms with Gasteiger partial charge in [0.25, 0.3) is 0 Å². The van der Waals surface area contributed by atoms with Gasteiger partial charge < -0.3 is 5.32 Å². The van der Waals surface area contributed by atoms with Crippen LogP contribution < -0.4 is 10.0 Å². The van der Waals surface area contributed by atoms with E-state index in [1.807, 2.05) is 6.92 Å². The molecule has 120 valence electrons. The molecule has 0 radical (unpaired) electrons. The van der Waals surface area contributed by atoms with Gasteiger partial charge in [-0.15, -0.1) is 0 Å². The van der Waals surface area contributed by atoms with Crippen LogP contribution in [-0.4, -0.2) is 27.7 Å². The quantitative estimate of drug-likeness (QED) is 0.787. The molecule has 4 nitrogen and oxygen atoms in total. The molecule has 0 amide bonds. The van der Waals surface area contributed by atoms with E-state index < -0.39 is 22.7 Å². The number of rotatable bonds is 6. The summed E-state index contributed by atoms with van der Waals surface area (Å²) in [6, 6.07) is 3.11. The Labute approximate surface area is 130 Å². The van der Waals surface area contributed by atoms with Gasteiger partial charge in [-0.05, 0) is 36.7 Å². The van der Waals surface area contributed by atoms with Gasteiger partial charge in [-0.1, -0.05) is 22.9 Å². The number of halogens is 4. The van der Waals surface area contributed by atoms with Crippen LogP contribution in [0.1, 0.15) is 18.1 Å². The number of benzene rings is 1. The first kappa shape index (κ1) is 18.4. The highest BCUT2D eigenvalue weighted by molar-refractivity contribution is 9.10. The molecule has 0 aromatic heterocycles. The first-order chi connectivity index (χ1) is 9.57. The zero-order valence-electron chi connectivity index (χ0n) is 11.5. The van der Waals surface area contributed by atoms with E-state index in [-0.39, 0.29) is 4.90 Å². The smallest absolute Gasteiger partial charge is 0.313 e. The molecule has 21 heavy (non-hydrogen) atoms. The van der Waals surface area contributed by atoms with Crippen molar-refractivity contribution in [3.63, 3.8) is 0 Å². The van der Waals surface area contributed by atoms with Crippen molar-refractivity contribution in [1.82, 2.24) is 10.0 Å². The van der Waals surface area contributed by atoms with Crippen molar-refractivity contribution in [3.8, 4) is 0 Å². The molecule has 0 unspecified atom stereocenters. The second-order valence-electron chi connectivity index (χ2n) is 4.42. The Kier molecular flexibility index (Phi) is 6.21. The van der Waals surface area contributed by atoms with Crippen molar-refractivity contribution >= 4 is 26.0 Å². The maximum atomic E-state index is 12.2. The van der Waals surface area contributed by atoms with Crippen LogP contribution in [0, 0.1) is 6.92 Å². The first-order valence-corrected chi connectivity index (χ1v) is 8.40. The van der Waals surface area contributed by atoms with Gasteiger partial charge in [0.05, 0.1) is 4.90 Å². The number of hydrogen-bond donors (Lipinski definition) is 2. The third kappa shape index (κ3) is 5.57. The van der Waals surface area contributed by atoms with Crippen LogP contribution in [0.5, 0.6) is 0 Å². The Morgan fingerprint density at radius 3 is 2.43 bits per heavy atom. The van der Waals surface area contributed by atoms with Gasteiger partial charge in [0, 0.05) is 11.0 Å². The summed E-state index contributed by atoms with van der Waals surface area (Å²) < 4.78 is 62.7. The predicted octanol–water partition coefficient (Wildman–Crippen LogP) is 2.71. The van der Waals surface area contributed by atoms with E-state index in [0.29, 0.717) is 28.7 Å². The van der Waals surface area contributed by atoms with E-state index in [2.05, 4.69) is 21.2 Å². The summed E-state index contributed by atoms with van der Waals surface area (Å²) in [4.78, 5) is -0.158. The van der Waals surface area contributed by atoms with E-state index >= 15 is 0 Å². The van der Waals surface area contributed by atoms with Crippen molar-refractivity contribution in [1.29, 1.82) is 0 Å². The normalized spacial score (nSPS) is 12.7. The largest absolute Gasteiger partial charge is 0.402 e. The fraction of sp³-hybridized carbons (Fsp3) is 0.500. The molecule has 0 heterocycles. The van der Waals surface area contributed by atoms with Crippen LogP contribution in [0.4, 0.5) is 13.2 Å². The van der Waals surface area contributed by atoms with E-state index in [1.165, 1.54) is 13.0 Å². The van der Waals surface area contributed by atoms with Gasteiger partial charge in [-0.2, -0.15) is 13.2 Å². The fourth-order valence-electron chi connectivity index (χ4n) is 1.61. The topological polar surface area (TPSA) is 58.2 Å². The summed E-state index contributed by atoms with van der Waals surface area (Å²) in [6.07, 6.45) is -4.60. The summed E-state index contributed by atoms with van der Waals surface area (Å²) >= 11 is 3.23. The Balaban J connectivity index is 3.12. The average molecular weight is 389 g/mol. The van der Waals surface area contributed by atoms with Crippen LogP contribution in [0.2, 0.25) is 0 Å². The number of hydrogen-bond acceptors (Lipinski definition) is 3. The molecular weight excluding hydrogens is 373 g/mol. The van der Waals surface area contributed by atoms with Gasteiger partial charge >= 0.3 is 6.18 Å². The SMILES string of the molecule is CCNCc1cc(Br)c(C)c(S(=O)(=O)NCC(F)(F)F)c1. The van der Waals surface area contributed by atoms with E-state index in [1.54, 1.807) is 10.8 Å². The molecule has 2 N–H and O–H groups in total. The van der Waals surface area contributed by atoms with Gasteiger partial charge in [-0.25, -0.2) is 13.1 Å². The second-order valence-corrected chi connectivity index (χ2v) is 7.01. The number of nitrogens with one attached hydrogen (secondary N) is 2. The van der Waals surface area contributed by atoms with Crippen LogP contribution in [0.15, 0.2) is 21.5 Å². The standard InChI is InChI=1S/C12H16BrF3N2O2S/c1-3-17-6-9-4-10(13)8(2)11(5-9)21(19,20)18-7-12(14,15)16/h4-5,17-18H,3,6-7H2,1-2H3. The molecule has 0 spiro atoms. The minimum absolute atomic E-state index is 0.158. The molecule has 1 rings (SSSR count). The van der Waals surface area contributed by atoms with E-state index in [9.17, 15) is 21.6 Å². The highest BCUT2D eigenvalue weighted by Gasteiger charge is 2.30.